The highest BCUT2D eigenvalue weighted by Gasteiger charge is 2.56. The van der Waals surface area contributed by atoms with Gasteiger partial charge in [0.05, 0.1) is 19.1 Å². The van der Waals surface area contributed by atoms with Crippen LogP contribution in [0.25, 0.3) is 0 Å². The number of esters is 1. The summed E-state index contributed by atoms with van der Waals surface area (Å²) in [5.41, 5.74) is 3.08. The van der Waals surface area contributed by atoms with Crippen LogP contribution >= 0.6 is 0 Å². The van der Waals surface area contributed by atoms with E-state index in [-0.39, 0.29) is 31.5 Å². The van der Waals surface area contributed by atoms with Gasteiger partial charge >= 0.3 is 12.0 Å². The van der Waals surface area contributed by atoms with E-state index in [0.29, 0.717) is 5.96 Å². The number of amides is 3. The van der Waals surface area contributed by atoms with Gasteiger partial charge in [-0.25, -0.2) is 9.79 Å². The van der Waals surface area contributed by atoms with Crippen LogP contribution < -0.4 is 0 Å². The maximum atomic E-state index is 13.4. The van der Waals surface area contributed by atoms with Crippen LogP contribution in [0.4, 0.5) is 4.79 Å². The second-order valence-electron chi connectivity index (χ2n) is 8.22. The summed E-state index contributed by atoms with van der Waals surface area (Å²) in [6, 6.07) is 9.01. The number of ether oxygens (including phenoxy) is 1. The van der Waals surface area contributed by atoms with Gasteiger partial charge in [0.1, 0.15) is 0 Å². The molecular weight excluding hydrogens is 410 g/mol. The van der Waals surface area contributed by atoms with E-state index in [2.05, 4.69) is 24.0 Å². The summed E-state index contributed by atoms with van der Waals surface area (Å²) in [4.78, 5) is 49.7. The molecule has 1 saturated heterocycles. The van der Waals surface area contributed by atoms with E-state index in [0.717, 1.165) is 21.9 Å². The molecule has 32 heavy (non-hydrogen) atoms. The molecule has 3 heterocycles. The van der Waals surface area contributed by atoms with Gasteiger partial charge in [0, 0.05) is 25.0 Å². The Morgan fingerprint density at radius 1 is 1.16 bits per heavy atom. The standard InChI is InChI=1S/C23H29N5O4/c1-6-32-18(29)12-13-26-21(30)19-20(25(5)23(26)31)24-22-27(14(2)15(3)28(19)22)16(4)17-10-8-7-9-11-17/h7-11,16,19-20H,6,12-13H2,1-5H3. The summed E-state index contributed by atoms with van der Waals surface area (Å²) in [7, 11) is 1.65. The first-order valence-electron chi connectivity index (χ1n) is 10.9. The van der Waals surface area contributed by atoms with E-state index in [1.807, 2.05) is 36.9 Å². The molecule has 1 aromatic carbocycles. The Labute approximate surface area is 187 Å². The number of carbonyl (C=O) groups is 3. The summed E-state index contributed by atoms with van der Waals surface area (Å²) in [6.45, 7) is 8.05. The van der Waals surface area contributed by atoms with Crippen molar-refractivity contribution in [1.82, 2.24) is 19.6 Å². The average Bonchev–Trinajstić information content (AvgIpc) is 3.28. The van der Waals surface area contributed by atoms with Crippen LogP contribution in [0, 0.1) is 0 Å². The lowest BCUT2D eigenvalue weighted by atomic mass is 10.1. The third-order valence-electron chi connectivity index (χ3n) is 6.45. The number of likely N-dealkylation sites (N-methyl/N-ethyl adjacent to an activating group) is 1. The zero-order chi connectivity index (χ0) is 23.2. The van der Waals surface area contributed by atoms with Crippen LogP contribution in [-0.4, -0.2) is 75.9 Å². The van der Waals surface area contributed by atoms with Gasteiger partial charge in [0.15, 0.2) is 12.2 Å². The Morgan fingerprint density at radius 2 is 1.84 bits per heavy atom. The first-order valence-corrected chi connectivity index (χ1v) is 10.9. The first-order chi connectivity index (χ1) is 15.3. The summed E-state index contributed by atoms with van der Waals surface area (Å²) in [5, 5.41) is 0. The zero-order valence-electron chi connectivity index (χ0n) is 19.1. The Bertz CT molecular complexity index is 1000. The molecule has 0 radical (unpaired) electrons. The maximum Gasteiger partial charge on any atom is 0.328 e. The Hall–Kier alpha value is -3.36. The molecule has 3 unspecified atom stereocenters. The highest BCUT2D eigenvalue weighted by Crippen LogP contribution is 2.41. The van der Waals surface area contributed by atoms with Crippen LogP contribution in [0.1, 0.15) is 45.7 Å². The van der Waals surface area contributed by atoms with E-state index in [4.69, 9.17) is 9.73 Å². The number of nitrogens with zero attached hydrogens (tertiary/aromatic N) is 5. The van der Waals surface area contributed by atoms with E-state index in [1.54, 1.807) is 14.0 Å². The maximum absolute atomic E-state index is 13.4. The van der Waals surface area contributed by atoms with Gasteiger partial charge in [0.25, 0.3) is 5.91 Å². The minimum atomic E-state index is -0.655. The minimum absolute atomic E-state index is 0.00563. The average molecular weight is 440 g/mol. The van der Waals surface area contributed by atoms with Crippen LogP contribution in [-0.2, 0) is 14.3 Å². The van der Waals surface area contributed by atoms with Crippen LogP contribution in [0.15, 0.2) is 46.7 Å². The van der Waals surface area contributed by atoms with Gasteiger partial charge in [0.2, 0.25) is 5.96 Å². The van der Waals surface area contributed by atoms with Crippen molar-refractivity contribution in [3.63, 3.8) is 0 Å². The van der Waals surface area contributed by atoms with E-state index < -0.39 is 24.2 Å². The van der Waals surface area contributed by atoms with E-state index in [9.17, 15) is 14.4 Å². The molecule has 0 bridgehead atoms. The molecule has 1 aromatic rings. The second-order valence-corrected chi connectivity index (χ2v) is 8.22. The fourth-order valence-electron chi connectivity index (χ4n) is 4.62. The number of carbonyl (C=O) groups excluding carboxylic acids is 3. The van der Waals surface area contributed by atoms with E-state index >= 15 is 0 Å². The molecule has 3 aliphatic rings. The number of hydrogen-bond donors (Lipinski definition) is 0. The lowest BCUT2D eigenvalue weighted by molar-refractivity contribution is -0.144. The molecule has 0 spiro atoms. The molecule has 0 aliphatic carbocycles. The number of aliphatic imine (C=N–C) groups is 1. The molecule has 0 N–H and O–H groups in total. The Morgan fingerprint density at radius 3 is 2.50 bits per heavy atom. The van der Waals surface area contributed by atoms with Gasteiger partial charge in [-0.1, -0.05) is 30.3 Å². The lowest BCUT2D eigenvalue weighted by Crippen LogP contribution is -2.64. The molecule has 170 valence electrons. The normalized spacial score (nSPS) is 23.5. The van der Waals surface area contributed by atoms with Crippen molar-refractivity contribution in [1.29, 1.82) is 0 Å². The lowest BCUT2D eigenvalue weighted by Gasteiger charge is -2.40. The summed E-state index contributed by atoms with van der Waals surface area (Å²) < 4.78 is 4.95. The number of allylic oxidation sites excluding steroid dienone is 2. The molecule has 3 atom stereocenters. The van der Waals surface area contributed by atoms with Gasteiger partial charge < -0.3 is 14.5 Å². The molecule has 3 aliphatic heterocycles. The topological polar surface area (TPSA) is 85.8 Å². The zero-order valence-corrected chi connectivity index (χ0v) is 19.1. The van der Waals surface area contributed by atoms with Crippen LogP contribution in [0.2, 0.25) is 0 Å². The quantitative estimate of drug-likeness (QED) is 0.633. The number of fused-ring (bicyclic) bond motifs is 3. The minimum Gasteiger partial charge on any atom is -0.466 e. The van der Waals surface area contributed by atoms with Gasteiger partial charge in [-0.3, -0.25) is 19.4 Å². The predicted molar refractivity (Wildman–Crippen MR) is 118 cm³/mol. The smallest absolute Gasteiger partial charge is 0.328 e. The fraction of sp³-hybridized carbons (Fsp3) is 0.478. The number of guanidine groups is 1. The molecule has 3 amide bonds. The van der Waals surface area contributed by atoms with Gasteiger partial charge in [-0.2, -0.15) is 0 Å². The van der Waals surface area contributed by atoms with Crippen molar-refractivity contribution in [3.05, 3.63) is 47.3 Å². The first kappa shape index (κ1) is 21.9. The van der Waals surface area contributed by atoms with Gasteiger partial charge in [-0.15, -0.1) is 0 Å². The third kappa shape index (κ3) is 3.32. The number of imide groups is 1. The predicted octanol–water partition coefficient (Wildman–Crippen LogP) is 2.53. The van der Waals surface area contributed by atoms with Crippen LogP contribution in [0.3, 0.4) is 0 Å². The molecule has 9 heteroatoms. The Balaban J connectivity index is 1.63. The summed E-state index contributed by atoms with van der Waals surface area (Å²) in [5.74, 6) is -0.105. The fourth-order valence-corrected chi connectivity index (χ4v) is 4.62. The SMILES string of the molecule is CCOC(=O)CCN1C(=O)C2C(N=C3N(C(C)c4ccccc4)C(C)=C(C)N32)N(C)C1=O. The van der Waals surface area contributed by atoms with Crippen molar-refractivity contribution in [2.45, 2.75) is 52.4 Å². The third-order valence-corrected chi connectivity index (χ3v) is 6.45. The monoisotopic (exact) mass is 439 g/mol. The summed E-state index contributed by atoms with van der Waals surface area (Å²) in [6.07, 6.45) is -0.646. The highest BCUT2D eigenvalue weighted by atomic mass is 16.5. The van der Waals surface area contributed by atoms with Crippen LogP contribution in [0.5, 0.6) is 0 Å². The molecule has 0 aromatic heterocycles. The molecule has 0 saturated carbocycles. The number of benzene rings is 1. The van der Waals surface area contributed by atoms with Crippen molar-refractivity contribution in [2.24, 2.45) is 4.99 Å². The molecular formula is C23H29N5O4. The van der Waals surface area contributed by atoms with Crippen molar-refractivity contribution in [3.8, 4) is 0 Å². The molecule has 9 nitrogen and oxygen atoms in total. The van der Waals surface area contributed by atoms with Crippen molar-refractivity contribution >= 4 is 23.9 Å². The molecule has 1 fully saturated rings. The number of hydrogen-bond acceptors (Lipinski definition) is 7. The number of rotatable bonds is 6. The second kappa shape index (κ2) is 8.29. The Kier molecular flexibility index (Phi) is 5.66. The van der Waals surface area contributed by atoms with Gasteiger partial charge in [-0.05, 0) is 33.3 Å². The highest BCUT2D eigenvalue weighted by molar-refractivity contribution is 6.05. The summed E-state index contributed by atoms with van der Waals surface area (Å²) >= 11 is 0. The molecule has 4 rings (SSSR count). The van der Waals surface area contributed by atoms with Crippen molar-refractivity contribution < 1.29 is 19.1 Å². The largest absolute Gasteiger partial charge is 0.466 e. The van der Waals surface area contributed by atoms with E-state index in [1.165, 1.54) is 4.90 Å². The van der Waals surface area contributed by atoms with Crippen molar-refractivity contribution in [2.75, 3.05) is 20.2 Å². The number of urea groups is 1.